The van der Waals surface area contributed by atoms with Crippen molar-refractivity contribution in [3.8, 4) is 0 Å². The quantitative estimate of drug-likeness (QED) is 0.753. The second-order valence-corrected chi connectivity index (χ2v) is 7.80. The van der Waals surface area contributed by atoms with Crippen molar-refractivity contribution >= 4 is 17.6 Å². The summed E-state index contributed by atoms with van der Waals surface area (Å²) in [4.78, 5) is 42.9. The van der Waals surface area contributed by atoms with Gasteiger partial charge in [-0.1, -0.05) is 6.07 Å². The first-order valence-electron chi connectivity index (χ1n) is 10.4. The van der Waals surface area contributed by atoms with Gasteiger partial charge in [0.2, 0.25) is 11.8 Å². The number of hydrogen-bond donors (Lipinski definition) is 0. The lowest BCUT2D eigenvalue weighted by Gasteiger charge is -2.36. The third-order valence-electron chi connectivity index (χ3n) is 5.79. The highest BCUT2D eigenvalue weighted by Gasteiger charge is 2.33. The zero-order valence-electron chi connectivity index (χ0n) is 17.5. The molecule has 0 radical (unpaired) electrons. The van der Waals surface area contributed by atoms with Crippen molar-refractivity contribution in [1.82, 2.24) is 19.9 Å². The number of fused-ring (bicyclic) bond motifs is 1. The Labute approximate surface area is 176 Å². The van der Waals surface area contributed by atoms with E-state index in [1.165, 1.54) is 7.11 Å². The van der Waals surface area contributed by atoms with E-state index in [2.05, 4.69) is 4.98 Å². The van der Waals surface area contributed by atoms with Gasteiger partial charge in [0.1, 0.15) is 12.4 Å². The van der Waals surface area contributed by atoms with E-state index in [0.717, 1.165) is 36.2 Å². The number of aryl methyl sites for hydroxylation is 1. The van der Waals surface area contributed by atoms with Crippen molar-refractivity contribution in [3.63, 3.8) is 0 Å². The van der Waals surface area contributed by atoms with Gasteiger partial charge in [0.05, 0.1) is 18.3 Å². The average molecular weight is 409 g/mol. The number of carbonyl (C=O) groups is 2. The van der Waals surface area contributed by atoms with Gasteiger partial charge in [-0.15, -0.1) is 0 Å². The molecule has 8 heteroatoms. The standard InChI is InChI=1S/C22H27N5O3/c1-15-17-9-10-19(28)27(13-16-7-3-5-11-23-16)22(17)25-21(24-15)18-8-4-6-12-26(18)20(29)14-30-2/h3,5,7,11,18H,4,6,8-10,12-14H2,1-2H3. The van der Waals surface area contributed by atoms with E-state index >= 15 is 0 Å². The number of nitrogens with zero attached hydrogens (tertiary/aromatic N) is 5. The molecule has 158 valence electrons. The number of amides is 2. The second-order valence-electron chi connectivity index (χ2n) is 7.80. The Morgan fingerprint density at radius 1 is 1.23 bits per heavy atom. The predicted molar refractivity (Wildman–Crippen MR) is 111 cm³/mol. The highest BCUT2D eigenvalue weighted by Crippen LogP contribution is 2.34. The first kappa shape index (κ1) is 20.4. The lowest BCUT2D eigenvalue weighted by molar-refractivity contribution is -0.139. The molecule has 1 fully saturated rings. The normalized spacial score (nSPS) is 19.0. The van der Waals surface area contributed by atoms with Crippen molar-refractivity contribution in [2.24, 2.45) is 0 Å². The smallest absolute Gasteiger partial charge is 0.249 e. The Hall–Kier alpha value is -2.87. The number of anilines is 1. The van der Waals surface area contributed by atoms with Crippen molar-refractivity contribution < 1.29 is 14.3 Å². The molecular weight excluding hydrogens is 382 g/mol. The molecule has 4 heterocycles. The minimum absolute atomic E-state index is 0.0353. The Kier molecular flexibility index (Phi) is 6.03. The molecule has 2 aliphatic heterocycles. The summed E-state index contributed by atoms with van der Waals surface area (Å²) >= 11 is 0. The zero-order chi connectivity index (χ0) is 21.1. The zero-order valence-corrected chi connectivity index (χ0v) is 17.5. The molecule has 2 amide bonds. The number of hydrogen-bond acceptors (Lipinski definition) is 6. The molecule has 8 nitrogen and oxygen atoms in total. The fourth-order valence-corrected chi connectivity index (χ4v) is 4.27. The summed E-state index contributed by atoms with van der Waals surface area (Å²) in [6.07, 6.45) is 5.57. The molecule has 0 N–H and O–H groups in total. The lowest BCUT2D eigenvalue weighted by Crippen LogP contribution is -2.42. The summed E-state index contributed by atoms with van der Waals surface area (Å²) in [6, 6.07) is 5.48. The van der Waals surface area contributed by atoms with Crippen LogP contribution < -0.4 is 4.90 Å². The molecule has 1 atom stereocenters. The van der Waals surface area contributed by atoms with E-state index in [0.29, 0.717) is 37.6 Å². The van der Waals surface area contributed by atoms with Gasteiger partial charge in [-0.2, -0.15) is 0 Å². The molecule has 1 unspecified atom stereocenters. The summed E-state index contributed by atoms with van der Waals surface area (Å²) in [7, 11) is 1.53. The maximum atomic E-state index is 12.8. The van der Waals surface area contributed by atoms with Crippen LogP contribution in [-0.2, 0) is 27.3 Å². The van der Waals surface area contributed by atoms with E-state index in [9.17, 15) is 9.59 Å². The molecule has 0 saturated carbocycles. The predicted octanol–water partition coefficient (Wildman–Crippen LogP) is 2.36. The second kappa shape index (κ2) is 8.87. The molecule has 0 aromatic carbocycles. The van der Waals surface area contributed by atoms with Crippen LogP contribution in [-0.4, -0.2) is 51.9 Å². The fraction of sp³-hybridized carbons (Fsp3) is 0.500. The highest BCUT2D eigenvalue weighted by atomic mass is 16.5. The molecule has 0 bridgehead atoms. The third-order valence-corrected chi connectivity index (χ3v) is 5.79. The number of rotatable bonds is 5. The summed E-state index contributed by atoms with van der Waals surface area (Å²) in [6.45, 7) is 3.05. The summed E-state index contributed by atoms with van der Waals surface area (Å²) in [5.74, 6) is 1.25. The van der Waals surface area contributed by atoms with E-state index in [4.69, 9.17) is 14.7 Å². The van der Waals surface area contributed by atoms with Gasteiger partial charge < -0.3 is 9.64 Å². The van der Waals surface area contributed by atoms with Gasteiger partial charge >= 0.3 is 0 Å². The summed E-state index contributed by atoms with van der Waals surface area (Å²) < 4.78 is 5.06. The van der Waals surface area contributed by atoms with E-state index in [1.54, 1.807) is 11.1 Å². The van der Waals surface area contributed by atoms with Gasteiger partial charge in [-0.05, 0) is 44.7 Å². The van der Waals surface area contributed by atoms with Crippen LogP contribution >= 0.6 is 0 Å². The first-order valence-corrected chi connectivity index (χ1v) is 10.4. The minimum Gasteiger partial charge on any atom is -0.375 e. The van der Waals surface area contributed by atoms with Gasteiger partial charge in [0.25, 0.3) is 0 Å². The minimum atomic E-state index is -0.195. The number of likely N-dealkylation sites (tertiary alicyclic amines) is 1. The Balaban J connectivity index is 1.70. The van der Waals surface area contributed by atoms with E-state index < -0.39 is 0 Å². The van der Waals surface area contributed by atoms with E-state index in [-0.39, 0.29) is 24.5 Å². The number of pyridine rings is 1. The molecule has 0 spiro atoms. The highest BCUT2D eigenvalue weighted by molar-refractivity contribution is 5.95. The van der Waals surface area contributed by atoms with Crippen LogP contribution in [0.4, 0.5) is 5.82 Å². The Morgan fingerprint density at radius 2 is 2.10 bits per heavy atom. The van der Waals surface area contributed by atoms with Crippen molar-refractivity contribution in [3.05, 3.63) is 47.2 Å². The monoisotopic (exact) mass is 409 g/mol. The Morgan fingerprint density at radius 3 is 2.87 bits per heavy atom. The molecular formula is C22H27N5O3. The molecule has 2 aromatic heterocycles. The molecule has 30 heavy (non-hydrogen) atoms. The van der Waals surface area contributed by atoms with Crippen LogP contribution in [0.2, 0.25) is 0 Å². The number of methoxy groups -OCH3 is 1. The average Bonchev–Trinajstić information content (AvgIpc) is 2.76. The lowest BCUT2D eigenvalue weighted by atomic mass is 9.99. The van der Waals surface area contributed by atoms with Crippen LogP contribution in [0.15, 0.2) is 24.4 Å². The maximum Gasteiger partial charge on any atom is 0.249 e. The van der Waals surface area contributed by atoms with E-state index in [1.807, 2.05) is 30.0 Å². The molecule has 2 aliphatic rings. The van der Waals surface area contributed by atoms with Crippen molar-refractivity contribution in [1.29, 1.82) is 0 Å². The first-order chi connectivity index (χ1) is 14.6. The van der Waals surface area contributed by atoms with Gasteiger partial charge in [0.15, 0.2) is 5.82 Å². The van der Waals surface area contributed by atoms with Crippen molar-refractivity contribution in [2.75, 3.05) is 25.2 Å². The van der Waals surface area contributed by atoms with Crippen LogP contribution in [0.25, 0.3) is 0 Å². The SMILES string of the molecule is COCC(=O)N1CCCCC1c1nc(C)c2c(n1)N(Cc1ccccn1)C(=O)CC2. The molecule has 4 rings (SSSR count). The summed E-state index contributed by atoms with van der Waals surface area (Å²) in [5, 5.41) is 0. The maximum absolute atomic E-state index is 12.8. The molecule has 2 aromatic rings. The van der Waals surface area contributed by atoms with Gasteiger partial charge in [-0.3, -0.25) is 19.5 Å². The number of aromatic nitrogens is 3. The van der Waals surface area contributed by atoms with Gasteiger partial charge in [0, 0.05) is 37.5 Å². The molecule has 0 aliphatic carbocycles. The van der Waals surface area contributed by atoms with Crippen LogP contribution in [0.1, 0.15) is 54.5 Å². The fourth-order valence-electron chi connectivity index (χ4n) is 4.27. The van der Waals surface area contributed by atoms with Gasteiger partial charge in [-0.25, -0.2) is 9.97 Å². The number of carbonyl (C=O) groups excluding carboxylic acids is 2. The van der Waals surface area contributed by atoms with Crippen LogP contribution in [0.3, 0.4) is 0 Å². The van der Waals surface area contributed by atoms with Crippen molar-refractivity contribution in [2.45, 2.75) is 51.6 Å². The Bertz CT molecular complexity index is 934. The molecule has 1 saturated heterocycles. The van der Waals surface area contributed by atoms with Crippen LogP contribution in [0, 0.1) is 6.92 Å². The third kappa shape index (κ3) is 4.05. The topological polar surface area (TPSA) is 88.5 Å². The largest absolute Gasteiger partial charge is 0.375 e. The van der Waals surface area contributed by atoms with Crippen LogP contribution in [0.5, 0.6) is 0 Å². The number of ether oxygens (including phenoxy) is 1. The number of piperidine rings is 1. The summed E-state index contributed by atoms with van der Waals surface area (Å²) in [5.41, 5.74) is 2.68.